The van der Waals surface area contributed by atoms with E-state index in [9.17, 15) is 84.3 Å². The second-order valence-corrected chi connectivity index (χ2v) is 26.6. The van der Waals surface area contributed by atoms with Crippen LogP contribution in [0.15, 0.2) is 0 Å². The predicted molar refractivity (Wildman–Crippen MR) is 385 cm³/mol. The first-order chi connectivity index (χ1) is 53.7. The van der Waals surface area contributed by atoms with E-state index in [0.717, 1.165) is 0 Å². The molecule has 0 spiro atoms. The molecule has 3 aliphatic heterocycles. The zero-order valence-electron chi connectivity index (χ0n) is 65.1. The van der Waals surface area contributed by atoms with Crippen molar-refractivity contribution in [3.63, 3.8) is 0 Å². The predicted octanol–water partition coefficient (Wildman–Crippen LogP) is -8.87. The molecule has 0 saturated carbocycles. The Balaban J connectivity index is 1.53. The van der Waals surface area contributed by atoms with Gasteiger partial charge in [-0.3, -0.25) is 38.4 Å². The minimum Gasteiger partial charge on any atom is -0.394 e. The van der Waals surface area contributed by atoms with Crippen molar-refractivity contribution in [3.05, 3.63) is 0 Å². The van der Waals surface area contributed by atoms with E-state index in [1.807, 2.05) is 20.8 Å². The number of rotatable bonds is 64. The highest BCUT2D eigenvalue weighted by molar-refractivity contribution is 5.90. The molecule has 3 fully saturated rings. The van der Waals surface area contributed by atoms with Crippen LogP contribution in [0.3, 0.4) is 0 Å². The summed E-state index contributed by atoms with van der Waals surface area (Å²) in [6.07, 6.45) is -18.3. The zero-order valence-corrected chi connectivity index (χ0v) is 65.1. The van der Waals surface area contributed by atoms with Crippen LogP contribution in [0.5, 0.6) is 0 Å². The van der Waals surface area contributed by atoms with Gasteiger partial charge in [0, 0.05) is 59.7 Å². The summed E-state index contributed by atoms with van der Waals surface area (Å²) in [6, 6.07) is -6.28. The number of hydrogen-bond donors (Lipinski definition) is 17. The minimum atomic E-state index is -1.55. The van der Waals surface area contributed by atoms with Gasteiger partial charge in [-0.25, -0.2) is 0 Å². The Kier molecular flexibility index (Phi) is 54.2. The van der Waals surface area contributed by atoms with Crippen molar-refractivity contribution in [2.24, 2.45) is 0 Å². The van der Waals surface area contributed by atoms with E-state index >= 15 is 0 Å². The number of aliphatic hydroxyl groups excluding tert-OH is 9. The van der Waals surface area contributed by atoms with Crippen LogP contribution in [-0.2, 0) is 124 Å². The summed E-state index contributed by atoms with van der Waals surface area (Å²) in [5.41, 5.74) is -0.198. The highest BCUT2D eigenvalue weighted by atomic mass is 16.7. The van der Waals surface area contributed by atoms with E-state index in [1.165, 1.54) is 20.8 Å². The molecule has 0 bridgehead atoms. The van der Waals surface area contributed by atoms with Gasteiger partial charge in [-0.1, -0.05) is 0 Å². The van der Waals surface area contributed by atoms with Gasteiger partial charge < -0.3 is 174 Å². The van der Waals surface area contributed by atoms with Crippen molar-refractivity contribution in [1.82, 2.24) is 42.5 Å². The summed E-state index contributed by atoms with van der Waals surface area (Å²) in [6.45, 7) is 12.0. The Morgan fingerprint density at radius 3 is 0.884 bits per heavy atom. The summed E-state index contributed by atoms with van der Waals surface area (Å²) in [5.74, 6) is -5.10. The smallest absolute Gasteiger partial charge is 0.242 e. The lowest BCUT2D eigenvalue weighted by atomic mass is 9.97. The fraction of sp³-hybridized carbons (Fsp3) is 0.884. The van der Waals surface area contributed by atoms with Gasteiger partial charge in [0.05, 0.1) is 197 Å². The van der Waals surface area contributed by atoms with Crippen LogP contribution in [0.25, 0.3) is 0 Å². The number of hydrogen-bond acceptors (Lipinski definition) is 35. The fourth-order valence-corrected chi connectivity index (χ4v) is 10.7. The highest BCUT2D eigenvalue weighted by Gasteiger charge is 2.48. The molecule has 17 unspecified atom stereocenters. The van der Waals surface area contributed by atoms with Gasteiger partial charge in [0.2, 0.25) is 47.3 Å². The Morgan fingerprint density at radius 1 is 0.330 bits per heavy atom. The second-order valence-electron chi connectivity index (χ2n) is 26.6. The molecule has 43 heteroatoms. The Morgan fingerprint density at radius 2 is 0.589 bits per heavy atom. The molecule has 8 amide bonds. The molecule has 112 heavy (non-hydrogen) atoms. The zero-order chi connectivity index (χ0) is 82.5. The topological polar surface area (TPSA) is 581 Å². The summed E-state index contributed by atoms with van der Waals surface area (Å²) in [7, 11) is 0. The Hall–Kier alpha value is -5.32. The van der Waals surface area contributed by atoms with Gasteiger partial charge >= 0.3 is 0 Å². The molecular formula is C69H126N8O35. The average molecular weight is 1630 g/mol. The standard InChI is InChI=1S/C69H126N8O35/c1-44(81)73-55-61(90)58(87)49(41-78)110-66(55)106-37-33-96-16-12-70-52(84)9-7-47(64(93)71-13-17-97-34-38-107-67-56(74-45(2)82)62(91)59(88)50(42-79)111-67)76-53(85)10-8-48(65(94)72-14-18-98-35-39-108-68-57(75-46(3)83)63(92)60(89)51(43-80)112-68)77-54(86)11-15-95-19-20-99-21-22-100-23-24-101-25-26-102-27-28-103-29-30-104-31-32-105-36-40-109-69(4,5)6/h47-51,55-63,66-68,78-80,87-92H,7-43H2,1-6H3,(H,70,84)(H,71,93)(H,72,94)(H,73,81)(H,74,82)(H,75,83)(H,76,85)(H,77,86). The largest absolute Gasteiger partial charge is 0.394 e. The summed E-state index contributed by atoms with van der Waals surface area (Å²) >= 11 is 0. The van der Waals surface area contributed by atoms with Crippen molar-refractivity contribution in [2.75, 3.05) is 211 Å². The normalized spacial score (nSPS) is 24.5. The first kappa shape index (κ1) is 101. The summed E-state index contributed by atoms with van der Waals surface area (Å²) < 4.78 is 100. The monoisotopic (exact) mass is 1630 g/mol. The molecule has 3 saturated heterocycles. The van der Waals surface area contributed by atoms with Crippen LogP contribution in [-0.4, -0.2) is 414 Å². The third kappa shape index (κ3) is 44.1. The highest BCUT2D eigenvalue weighted by Crippen LogP contribution is 2.25. The number of carbonyl (C=O) groups is 8. The van der Waals surface area contributed by atoms with Gasteiger partial charge in [0.15, 0.2) is 18.9 Å². The molecule has 43 nitrogen and oxygen atoms in total. The average Bonchev–Trinajstić information content (AvgIpc) is 0.820. The van der Waals surface area contributed by atoms with Crippen molar-refractivity contribution in [1.29, 1.82) is 0 Å². The number of carbonyl (C=O) groups excluding carboxylic acids is 8. The van der Waals surface area contributed by atoms with Crippen LogP contribution in [0.4, 0.5) is 0 Å². The number of aliphatic hydroxyl groups is 9. The second kappa shape index (κ2) is 60.2. The van der Waals surface area contributed by atoms with Crippen LogP contribution in [0.2, 0.25) is 0 Å². The van der Waals surface area contributed by atoms with Crippen molar-refractivity contribution < 1.29 is 170 Å². The molecule has 3 rings (SSSR count). The van der Waals surface area contributed by atoms with Crippen LogP contribution >= 0.6 is 0 Å². The van der Waals surface area contributed by atoms with E-state index in [-0.39, 0.29) is 143 Å². The molecule has 0 radical (unpaired) electrons. The number of amides is 8. The van der Waals surface area contributed by atoms with E-state index in [0.29, 0.717) is 79.3 Å². The lowest BCUT2D eigenvalue weighted by molar-refractivity contribution is -0.272. The molecule has 0 aliphatic carbocycles. The first-order valence-electron chi connectivity index (χ1n) is 37.6. The number of ether oxygens (including phenoxy) is 18. The lowest BCUT2D eigenvalue weighted by Crippen LogP contribution is -2.64. The van der Waals surface area contributed by atoms with Crippen molar-refractivity contribution in [2.45, 2.75) is 183 Å². The van der Waals surface area contributed by atoms with E-state index in [2.05, 4.69) is 42.5 Å². The molecule has 17 N–H and O–H groups in total. The van der Waals surface area contributed by atoms with Gasteiger partial charge in [0.25, 0.3) is 0 Å². The Bertz CT molecular complexity index is 2580. The molecule has 0 aromatic heterocycles. The molecule has 17 atom stereocenters. The molecule has 0 aromatic carbocycles. The van der Waals surface area contributed by atoms with Gasteiger partial charge in [-0.15, -0.1) is 0 Å². The van der Waals surface area contributed by atoms with E-state index in [1.54, 1.807) is 0 Å². The summed E-state index contributed by atoms with van der Waals surface area (Å²) in [5, 5.41) is 112. The minimum absolute atomic E-state index is 0.0323. The maximum Gasteiger partial charge on any atom is 0.242 e. The molecule has 3 heterocycles. The summed E-state index contributed by atoms with van der Waals surface area (Å²) in [4.78, 5) is 103. The van der Waals surface area contributed by atoms with Gasteiger partial charge in [0.1, 0.15) is 85.1 Å². The van der Waals surface area contributed by atoms with Gasteiger partial charge in [-0.2, -0.15) is 0 Å². The fourth-order valence-electron chi connectivity index (χ4n) is 10.7. The molecule has 0 aromatic rings. The van der Waals surface area contributed by atoms with Crippen LogP contribution < -0.4 is 42.5 Å². The lowest BCUT2D eigenvalue weighted by Gasteiger charge is -2.42. The van der Waals surface area contributed by atoms with Crippen LogP contribution in [0, 0.1) is 0 Å². The Labute approximate surface area is 651 Å². The SMILES string of the molecule is CC(=O)NC1C(OCCOCCNC(=O)CCC(NC(=O)CCC(NC(=O)CCOCCOCCOCCOCCOCCOCCOCCOCCOC(C)(C)C)C(=O)NCCOCCOC2OC(CO)C(O)C(O)C2NC(C)=O)C(=O)NCCOCCOC2OC(CO)C(O)C(O)C2NC(C)=O)OC(CO)C(O)C1O. The van der Waals surface area contributed by atoms with Crippen LogP contribution in [0.1, 0.15) is 73.6 Å². The third-order valence-corrected chi connectivity index (χ3v) is 16.4. The van der Waals surface area contributed by atoms with E-state index < -0.39 is 178 Å². The quantitative estimate of drug-likeness (QED) is 0.0252. The third-order valence-electron chi connectivity index (χ3n) is 16.4. The van der Waals surface area contributed by atoms with Crippen molar-refractivity contribution in [3.8, 4) is 0 Å². The van der Waals surface area contributed by atoms with Crippen molar-refractivity contribution >= 4 is 47.3 Å². The molecule has 3 aliphatic rings. The maximum absolute atomic E-state index is 13.8. The maximum atomic E-state index is 13.8. The van der Waals surface area contributed by atoms with E-state index in [4.69, 9.17) is 85.3 Å². The number of nitrogens with one attached hydrogen (secondary N) is 8. The molecule has 652 valence electrons. The molecular weight excluding hydrogens is 1500 g/mol. The van der Waals surface area contributed by atoms with Gasteiger partial charge in [-0.05, 0) is 33.6 Å². The first-order valence-corrected chi connectivity index (χ1v) is 37.6.